The summed E-state index contributed by atoms with van der Waals surface area (Å²) in [5.41, 5.74) is 9.92. The fraction of sp³-hybridized carbons (Fsp3) is 0. The van der Waals surface area contributed by atoms with E-state index in [4.69, 9.17) is 5.73 Å². The molecule has 126 valence electrons. The average Bonchev–Trinajstić information content (AvgIpc) is 2.61. The molecule has 0 fully saturated rings. The van der Waals surface area contributed by atoms with E-state index in [1.165, 1.54) is 6.07 Å². The highest BCUT2D eigenvalue weighted by Crippen LogP contribution is 2.30. The zero-order chi connectivity index (χ0) is 17.8. The van der Waals surface area contributed by atoms with E-state index in [9.17, 15) is 14.7 Å². The number of aromatic nitrogens is 3. The minimum atomic E-state index is -0.864. The van der Waals surface area contributed by atoms with Crippen molar-refractivity contribution in [3.8, 4) is 22.7 Å². The number of phenols is 1. The van der Waals surface area contributed by atoms with Crippen LogP contribution in [0.3, 0.4) is 0 Å². The van der Waals surface area contributed by atoms with E-state index >= 15 is 0 Å². The molecular formula is C16H14N6O3. The number of hydrogen-bond acceptors (Lipinski definition) is 6. The van der Waals surface area contributed by atoms with Gasteiger partial charge < -0.3 is 10.8 Å². The van der Waals surface area contributed by atoms with Crippen molar-refractivity contribution in [2.24, 2.45) is 5.73 Å². The number of hydrazine groups is 1. The Morgan fingerprint density at radius 3 is 2.44 bits per heavy atom. The van der Waals surface area contributed by atoms with Gasteiger partial charge in [0.25, 0.3) is 0 Å². The molecule has 2 aromatic carbocycles. The molecule has 0 aliphatic rings. The number of urea groups is 1. The van der Waals surface area contributed by atoms with Gasteiger partial charge in [0.05, 0.1) is 5.69 Å². The molecule has 0 bridgehead atoms. The van der Waals surface area contributed by atoms with Crippen molar-refractivity contribution in [1.82, 2.24) is 20.2 Å². The molecule has 9 nitrogen and oxygen atoms in total. The predicted octanol–water partition coefficient (Wildman–Crippen LogP) is 0.995. The maximum absolute atomic E-state index is 12.3. The molecule has 0 atom stereocenters. The van der Waals surface area contributed by atoms with Crippen molar-refractivity contribution in [2.45, 2.75) is 0 Å². The number of benzene rings is 2. The molecule has 25 heavy (non-hydrogen) atoms. The van der Waals surface area contributed by atoms with Gasteiger partial charge in [0.1, 0.15) is 11.4 Å². The first-order chi connectivity index (χ1) is 12.1. The Balaban J connectivity index is 2.19. The number of anilines is 1. The Labute approximate surface area is 141 Å². The number of hydrogen-bond donors (Lipinski definition) is 4. The van der Waals surface area contributed by atoms with Crippen LogP contribution in [0.15, 0.2) is 59.4 Å². The number of carbonyl (C=O) groups is 1. The Morgan fingerprint density at radius 1 is 1.08 bits per heavy atom. The zero-order valence-corrected chi connectivity index (χ0v) is 12.9. The van der Waals surface area contributed by atoms with Gasteiger partial charge in [0.15, 0.2) is 5.82 Å². The van der Waals surface area contributed by atoms with Crippen LogP contribution in [0.25, 0.3) is 16.9 Å². The number of phenolic OH excluding ortho intramolecular Hbond substituents is 1. The average molecular weight is 338 g/mol. The number of nitrogens with two attached hydrogens (primary N) is 1. The number of para-hydroxylation sites is 2. The van der Waals surface area contributed by atoms with Crippen molar-refractivity contribution < 1.29 is 9.90 Å². The molecule has 0 aliphatic carbocycles. The van der Waals surface area contributed by atoms with Crippen LogP contribution >= 0.6 is 0 Å². The van der Waals surface area contributed by atoms with Crippen molar-refractivity contribution in [3.05, 3.63) is 65.1 Å². The van der Waals surface area contributed by atoms with Crippen LogP contribution in [0.1, 0.15) is 0 Å². The van der Waals surface area contributed by atoms with E-state index in [0.29, 0.717) is 11.3 Å². The molecule has 5 N–H and O–H groups in total. The third-order valence-corrected chi connectivity index (χ3v) is 3.28. The summed E-state index contributed by atoms with van der Waals surface area (Å²) in [7, 11) is 0. The van der Waals surface area contributed by atoms with Gasteiger partial charge in [-0.15, -0.1) is 0 Å². The first kappa shape index (κ1) is 16.0. The summed E-state index contributed by atoms with van der Waals surface area (Å²) < 4.78 is 1.09. The highest BCUT2D eigenvalue weighted by atomic mass is 16.3. The van der Waals surface area contributed by atoms with Crippen molar-refractivity contribution in [1.29, 1.82) is 0 Å². The molecular weight excluding hydrogens is 324 g/mol. The maximum atomic E-state index is 12.3. The third-order valence-electron chi connectivity index (χ3n) is 3.28. The highest BCUT2D eigenvalue weighted by Gasteiger charge is 2.16. The minimum absolute atomic E-state index is 0.0440. The van der Waals surface area contributed by atoms with Crippen LogP contribution in [-0.2, 0) is 0 Å². The molecule has 3 rings (SSSR count). The Hall–Kier alpha value is -3.88. The van der Waals surface area contributed by atoms with Gasteiger partial charge in [-0.1, -0.05) is 30.3 Å². The molecule has 3 aromatic rings. The molecule has 0 saturated carbocycles. The van der Waals surface area contributed by atoms with Crippen LogP contribution in [0.5, 0.6) is 5.75 Å². The van der Waals surface area contributed by atoms with Gasteiger partial charge in [0.2, 0.25) is 0 Å². The van der Waals surface area contributed by atoms with Gasteiger partial charge in [0, 0.05) is 5.56 Å². The standard InChI is InChI=1S/C16H14N6O3/c17-15(24)20-19-14-13(11-8-4-5-9-12(11)23)21-22(16(25)18-14)10-6-2-1-3-7-10/h1-9,23H,(H3,17,20,24)(H,18,19,25). The first-order valence-corrected chi connectivity index (χ1v) is 7.23. The summed E-state index contributed by atoms with van der Waals surface area (Å²) in [6, 6.07) is 14.3. The van der Waals surface area contributed by atoms with Crippen molar-refractivity contribution >= 4 is 11.8 Å². The zero-order valence-electron chi connectivity index (χ0n) is 12.9. The largest absolute Gasteiger partial charge is 0.507 e. The predicted molar refractivity (Wildman–Crippen MR) is 91.1 cm³/mol. The monoisotopic (exact) mass is 338 g/mol. The number of carbonyl (C=O) groups excluding carboxylic acids is 1. The van der Waals surface area contributed by atoms with Gasteiger partial charge in [-0.25, -0.2) is 9.59 Å². The van der Waals surface area contributed by atoms with E-state index in [1.807, 2.05) is 0 Å². The van der Waals surface area contributed by atoms with E-state index in [1.54, 1.807) is 48.5 Å². The lowest BCUT2D eigenvalue weighted by Crippen LogP contribution is -2.36. The number of rotatable bonds is 4. The summed E-state index contributed by atoms with van der Waals surface area (Å²) in [6.45, 7) is 0. The lowest BCUT2D eigenvalue weighted by molar-refractivity contribution is 0.250. The Bertz CT molecular complexity index is 971. The molecule has 9 heteroatoms. The highest BCUT2D eigenvalue weighted by molar-refractivity contribution is 5.78. The van der Waals surface area contributed by atoms with E-state index < -0.39 is 11.7 Å². The van der Waals surface area contributed by atoms with E-state index in [-0.39, 0.29) is 17.3 Å². The van der Waals surface area contributed by atoms with Gasteiger partial charge in [-0.05, 0) is 24.3 Å². The summed E-state index contributed by atoms with van der Waals surface area (Å²) in [4.78, 5) is 27.1. The molecule has 0 radical (unpaired) electrons. The van der Waals surface area contributed by atoms with Crippen LogP contribution in [-0.4, -0.2) is 25.9 Å². The van der Waals surface area contributed by atoms with Gasteiger partial charge in [-0.2, -0.15) is 14.8 Å². The summed E-state index contributed by atoms with van der Waals surface area (Å²) in [5, 5.41) is 14.4. The second kappa shape index (κ2) is 6.71. The number of amides is 2. The van der Waals surface area contributed by atoms with E-state index in [0.717, 1.165) is 4.68 Å². The van der Waals surface area contributed by atoms with Crippen molar-refractivity contribution in [2.75, 3.05) is 5.43 Å². The Kier molecular flexibility index (Phi) is 4.29. The fourth-order valence-corrected chi connectivity index (χ4v) is 2.19. The molecule has 0 saturated heterocycles. The molecule has 0 unspecified atom stereocenters. The number of nitrogens with one attached hydrogen (secondary N) is 2. The summed E-state index contributed by atoms with van der Waals surface area (Å²) >= 11 is 0. The van der Waals surface area contributed by atoms with Gasteiger partial charge >= 0.3 is 11.7 Å². The quantitative estimate of drug-likeness (QED) is 0.524. The molecule has 0 spiro atoms. The Morgan fingerprint density at radius 2 is 1.76 bits per heavy atom. The number of aromatic hydroxyl groups is 1. The molecule has 1 aromatic heterocycles. The molecule has 2 amide bonds. The van der Waals surface area contributed by atoms with Crippen molar-refractivity contribution in [3.63, 3.8) is 0 Å². The fourth-order valence-electron chi connectivity index (χ4n) is 2.19. The minimum Gasteiger partial charge on any atom is -0.507 e. The van der Waals surface area contributed by atoms with E-state index in [2.05, 4.69) is 20.9 Å². The normalized spacial score (nSPS) is 10.2. The smallest absolute Gasteiger partial charge is 0.370 e. The van der Waals surface area contributed by atoms with Crippen LogP contribution in [0.2, 0.25) is 0 Å². The second-order valence-corrected chi connectivity index (χ2v) is 4.97. The summed E-state index contributed by atoms with van der Waals surface area (Å²) in [6.07, 6.45) is 0. The SMILES string of the molecule is NC(=O)NNc1nc(=O)n(-c2ccccc2)nc1-c1ccccc1O. The second-order valence-electron chi connectivity index (χ2n) is 4.97. The third kappa shape index (κ3) is 3.39. The number of primary amides is 1. The summed E-state index contributed by atoms with van der Waals surface area (Å²) in [5.74, 6) is -0.102. The van der Waals surface area contributed by atoms with Crippen LogP contribution in [0, 0.1) is 0 Å². The molecule has 0 aliphatic heterocycles. The lowest BCUT2D eigenvalue weighted by Gasteiger charge is -2.13. The van der Waals surface area contributed by atoms with Crippen LogP contribution in [0.4, 0.5) is 10.6 Å². The van der Waals surface area contributed by atoms with Gasteiger partial charge in [-0.3, -0.25) is 10.9 Å². The molecule has 1 heterocycles. The topological polar surface area (TPSA) is 135 Å². The maximum Gasteiger partial charge on any atom is 0.370 e. The lowest BCUT2D eigenvalue weighted by atomic mass is 10.1. The first-order valence-electron chi connectivity index (χ1n) is 7.23. The van der Waals surface area contributed by atoms with Crippen LogP contribution < -0.4 is 22.3 Å². The number of nitrogens with zero attached hydrogens (tertiary/aromatic N) is 3.